The normalized spacial score (nSPS) is 11.3. The van der Waals surface area contributed by atoms with Crippen molar-refractivity contribution in [3.05, 3.63) is 0 Å². The van der Waals surface area contributed by atoms with Gasteiger partial charge in [0.05, 0.1) is 6.61 Å². The van der Waals surface area contributed by atoms with Crippen LogP contribution in [0.4, 0.5) is 0 Å². The van der Waals surface area contributed by atoms with Gasteiger partial charge in [0.1, 0.15) is 7.82 Å². The monoisotopic (exact) mass is 486 g/mol. The Balaban J connectivity index is -0.00000338. The molecule has 0 aliphatic rings. The topological polar surface area (TPSA) is 90.9 Å². The summed E-state index contributed by atoms with van der Waals surface area (Å²) in [5.41, 5.74) is 0. The third-order valence-electron chi connectivity index (χ3n) is 4.48. The molecule has 9 heteroatoms. The van der Waals surface area contributed by atoms with E-state index in [1.807, 2.05) is 0 Å². The van der Waals surface area contributed by atoms with Crippen LogP contribution in [-0.2, 0) is 18.9 Å². The average Bonchev–Trinajstić information content (AvgIpc) is 2.58. The molecule has 0 atom stereocenters. The zero-order valence-electron chi connectivity index (χ0n) is 19.5. The smallest absolute Gasteiger partial charge is 0.788 e. The summed E-state index contributed by atoms with van der Waals surface area (Å²) in [6.45, 7) is 6.53. The fourth-order valence-electron chi connectivity index (χ4n) is 2.92. The molecule has 0 aromatic rings. The maximum absolute atomic E-state index is 10.2. The van der Waals surface area contributed by atoms with Crippen LogP contribution in [0, 0.1) is 5.92 Å². The van der Waals surface area contributed by atoms with E-state index in [1.165, 1.54) is 70.6 Å². The number of unbranched alkanes of at least 4 members (excludes halogenated alkanes) is 11. The number of hydrogen-bond acceptors (Lipinski definition) is 6. The summed E-state index contributed by atoms with van der Waals surface area (Å²) in [5.74, 6) is 0.819. The summed E-state index contributed by atoms with van der Waals surface area (Å²) >= 11 is 0. The van der Waals surface area contributed by atoms with E-state index in [4.69, 9.17) is 4.74 Å². The van der Waals surface area contributed by atoms with Gasteiger partial charge in [0.15, 0.2) is 0 Å². The van der Waals surface area contributed by atoms with Crippen LogP contribution in [0.3, 0.4) is 0 Å². The van der Waals surface area contributed by atoms with E-state index < -0.39 is 7.82 Å². The molecule has 0 aliphatic heterocycles. The minimum atomic E-state index is -4.99. The van der Waals surface area contributed by atoms with E-state index in [1.54, 1.807) is 0 Å². The van der Waals surface area contributed by atoms with Gasteiger partial charge in [0.2, 0.25) is 0 Å². The van der Waals surface area contributed by atoms with Crippen LogP contribution in [0.25, 0.3) is 0 Å². The predicted octanol–water partition coefficient (Wildman–Crippen LogP) is -1.09. The first-order valence-corrected chi connectivity index (χ1v) is 12.3. The Hall–Kier alpha value is 3.30. The minimum Gasteiger partial charge on any atom is -0.788 e. The van der Waals surface area contributed by atoms with Gasteiger partial charge in [-0.05, 0) is 25.2 Å². The molecular formula is C20H41K2O6P. The van der Waals surface area contributed by atoms with Crippen molar-refractivity contribution in [3.8, 4) is 0 Å². The van der Waals surface area contributed by atoms with Crippen LogP contribution in [0.5, 0.6) is 0 Å². The molecule has 0 saturated heterocycles. The maximum atomic E-state index is 10.2. The standard InChI is InChI=1S/C20H43O6P.2K/c1-20(2)16-12-11-14-18-24-17-13-9-7-5-3-4-6-8-10-15-19-25-26-27(21,22)23;;/h20H,3-19H2,1-2H3,(H2,21,22,23);;/q;2*+1/p-2. The first-order valence-electron chi connectivity index (χ1n) is 10.8. The predicted molar refractivity (Wildman–Crippen MR) is 105 cm³/mol. The first-order chi connectivity index (χ1) is 12.9. The third kappa shape index (κ3) is 36.1. The summed E-state index contributed by atoms with van der Waals surface area (Å²) < 4.78 is 19.5. The van der Waals surface area contributed by atoms with E-state index in [0.717, 1.165) is 32.0 Å². The van der Waals surface area contributed by atoms with E-state index in [-0.39, 0.29) is 109 Å². The molecule has 164 valence electrons. The van der Waals surface area contributed by atoms with Crippen molar-refractivity contribution in [1.82, 2.24) is 0 Å². The zero-order chi connectivity index (χ0) is 20.2. The molecule has 0 aromatic carbocycles. The Morgan fingerprint density at radius 2 is 1.03 bits per heavy atom. The van der Waals surface area contributed by atoms with Crippen molar-refractivity contribution >= 4 is 7.82 Å². The Labute approximate surface area is 264 Å². The molecule has 0 saturated carbocycles. The molecule has 0 N–H and O–H groups in total. The van der Waals surface area contributed by atoms with E-state index in [9.17, 15) is 14.4 Å². The fraction of sp³-hybridized carbons (Fsp3) is 1.00. The molecule has 29 heavy (non-hydrogen) atoms. The molecule has 0 aromatic heterocycles. The second kappa shape index (κ2) is 27.5. The Morgan fingerprint density at radius 1 is 0.655 bits per heavy atom. The van der Waals surface area contributed by atoms with E-state index in [0.29, 0.717) is 6.42 Å². The molecular weight excluding hydrogens is 445 g/mol. The SMILES string of the molecule is CC(C)CCCCCOCCCCCCCCCCCCOOP(=O)([O-])[O-].[K+].[K+]. The quantitative estimate of drug-likeness (QED) is 0.0673. The van der Waals surface area contributed by atoms with Crippen molar-refractivity contribution in [2.24, 2.45) is 5.92 Å². The summed E-state index contributed by atoms with van der Waals surface area (Å²) in [7, 11) is -4.99. The molecule has 0 rings (SSSR count). The van der Waals surface area contributed by atoms with Crippen LogP contribution in [0.1, 0.15) is 104 Å². The largest absolute Gasteiger partial charge is 1.00 e. The molecule has 0 amide bonds. The number of rotatable bonds is 21. The summed E-state index contributed by atoms with van der Waals surface area (Å²) in [4.78, 5) is 24.6. The second-order valence-corrected chi connectivity index (χ2v) is 8.78. The molecule has 0 radical (unpaired) electrons. The van der Waals surface area contributed by atoms with Gasteiger partial charge in [-0.1, -0.05) is 84.5 Å². The van der Waals surface area contributed by atoms with Gasteiger partial charge in [0.25, 0.3) is 0 Å². The van der Waals surface area contributed by atoms with Crippen LogP contribution in [-0.4, -0.2) is 19.8 Å². The van der Waals surface area contributed by atoms with Crippen molar-refractivity contribution in [1.29, 1.82) is 0 Å². The Bertz CT molecular complexity index is 356. The van der Waals surface area contributed by atoms with Crippen molar-refractivity contribution < 1.29 is 131 Å². The Kier molecular flexibility index (Phi) is 35.0. The van der Waals surface area contributed by atoms with Crippen molar-refractivity contribution in [2.75, 3.05) is 19.8 Å². The molecule has 0 heterocycles. The van der Waals surface area contributed by atoms with Crippen molar-refractivity contribution in [3.63, 3.8) is 0 Å². The molecule has 6 nitrogen and oxygen atoms in total. The summed E-state index contributed by atoms with van der Waals surface area (Å²) in [5, 5.41) is 0. The minimum absolute atomic E-state index is 0. The summed E-state index contributed by atoms with van der Waals surface area (Å²) in [6.07, 6.45) is 16.6. The fourth-order valence-corrected chi connectivity index (χ4v) is 3.12. The molecule has 0 fully saturated rings. The molecule has 0 bridgehead atoms. The van der Waals surface area contributed by atoms with Gasteiger partial charge in [-0.15, -0.1) is 0 Å². The molecule has 0 unspecified atom stereocenters. The molecule has 0 aliphatic carbocycles. The van der Waals surface area contributed by atoms with Crippen LogP contribution < -0.4 is 113 Å². The van der Waals surface area contributed by atoms with Gasteiger partial charge >= 0.3 is 103 Å². The number of ether oxygens (including phenoxy) is 1. The number of phosphoric acid groups is 1. The van der Waals surface area contributed by atoms with Crippen LogP contribution in [0.2, 0.25) is 0 Å². The van der Waals surface area contributed by atoms with Crippen LogP contribution >= 0.6 is 7.82 Å². The zero-order valence-corrected chi connectivity index (χ0v) is 26.6. The first kappa shape index (κ1) is 36.9. The van der Waals surface area contributed by atoms with Crippen molar-refractivity contribution in [2.45, 2.75) is 104 Å². The summed E-state index contributed by atoms with van der Waals surface area (Å²) in [6, 6.07) is 0. The average molecular weight is 487 g/mol. The van der Waals surface area contributed by atoms with Gasteiger partial charge < -0.3 is 19.1 Å². The van der Waals surface area contributed by atoms with Gasteiger partial charge in [-0.3, -0.25) is 0 Å². The third-order valence-corrected chi connectivity index (χ3v) is 4.77. The maximum Gasteiger partial charge on any atom is 1.00 e. The van der Waals surface area contributed by atoms with E-state index >= 15 is 0 Å². The van der Waals surface area contributed by atoms with Gasteiger partial charge in [0, 0.05) is 13.2 Å². The number of hydrogen-bond donors (Lipinski definition) is 0. The van der Waals surface area contributed by atoms with Gasteiger partial charge in [-0.2, -0.15) is 0 Å². The molecule has 0 spiro atoms. The second-order valence-electron chi connectivity index (χ2n) is 7.73. The van der Waals surface area contributed by atoms with Crippen LogP contribution in [0.15, 0.2) is 0 Å². The Morgan fingerprint density at radius 3 is 1.45 bits per heavy atom. The van der Waals surface area contributed by atoms with Gasteiger partial charge in [-0.25, -0.2) is 9.56 Å². The van der Waals surface area contributed by atoms with E-state index in [2.05, 4.69) is 23.4 Å².